The third kappa shape index (κ3) is 5.49. The van der Waals surface area contributed by atoms with Gasteiger partial charge in [-0.15, -0.1) is 13.2 Å². The molecule has 1 heterocycles. The van der Waals surface area contributed by atoms with Crippen LogP contribution in [-0.4, -0.2) is 29.6 Å². The summed E-state index contributed by atoms with van der Waals surface area (Å²) in [5.41, 5.74) is 3.52. The van der Waals surface area contributed by atoms with Crippen LogP contribution in [0.3, 0.4) is 0 Å². The summed E-state index contributed by atoms with van der Waals surface area (Å²) in [6, 6.07) is 11.0. The lowest BCUT2D eigenvalue weighted by atomic mass is 10.1. The van der Waals surface area contributed by atoms with Crippen molar-refractivity contribution in [1.29, 1.82) is 0 Å². The van der Waals surface area contributed by atoms with Crippen LogP contribution in [-0.2, 0) is 16.1 Å². The van der Waals surface area contributed by atoms with E-state index in [-0.39, 0.29) is 37.1 Å². The number of ether oxygens (including phenoxy) is 1. The summed E-state index contributed by atoms with van der Waals surface area (Å²) >= 11 is 0. The Bertz CT molecular complexity index is 910. The van der Waals surface area contributed by atoms with Gasteiger partial charge >= 0.3 is 6.36 Å². The van der Waals surface area contributed by atoms with E-state index in [1.807, 2.05) is 32.0 Å². The van der Waals surface area contributed by atoms with Crippen molar-refractivity contribution in [3.63, 3.8) is 0 Å². The van der Waals surface area contributed by atoms with Crippen LogP contribution in [0.5, 0.6) is 5.75 Å². The summed E-state index contributed by atoms with van der Waals surface area (Å²) < 4.78 is 40.5. The van der Waals surface area contributed by atoms with Gasteiger partial charge in [-0.1, -0.05) is 18.2 Å². The van der Waals surface area contributed by atoms with Gasteiger partial charge in [0.1, 0.15) is 5.75 Å². The number of rotatable bonds is 5. The first kappa shape index (κ1) is 20.7. The molecule has 1 N–H and O–H groups in total. The van der Waals surface area contributed by atoms with E-state index in [0.29, 0.717) is 11.3 Å². The van der Waals surface area contributed by atoms with Gasteiger partial charge in [0.25, 0.3) is 0 Å². The molecule has 1 aliphatic rings. The van der Waals surface area contributed by atoms with Crippen LogP contribution < -0.4 is 10.1 Å². The van der Waals surface area contributed by atoms with Crippen LogP contribution in [0.15, 0.2) is 42.5 Å². The van der Waals surface area contributed by atoms with E-state index in [1.165, 1.54) is 29.2 Å². The highest BCUT2D eigenvalue weighted by Gasteiger charge is 2.34. The van der Waals surface area contributed by atoms with E-state index in [4.69, 9.17) is 0 Å². The van der Waals surface area contributed by atoms with E-state index in [0.717, 1.165) is 11.1 Å². The minimum atomic E-state index is -4.75. The Labute approximate surface area is 166 Å². The number of nitrogens with one attached hydrogen (secondary N) is 1. The van der Waals surface area contributed by atoms with Crippen molar-refractivity contribution in [2.45, 2.75) is 33.2 Å². The average molecular weight is 406 g/mol. The molecule has 1 unspecified atom stereocenters. The van der Waals surface area contributed by atoms with Crippen molar-refractivity contribution >= 4 is 17.5 Å². The van der Waals surface area contributed by atoms with Gasteiger partial charge in [-0.3, -0.25) is 9.59 Å². The standard InChI is InChI=1S/C21H21F3N2O3/c1-13-3-6-17(9-14(13)2)25-20(28)16-10-19(27)26(12-16)11-15-4-7-18(8-5-15)29-21(22,23)24/h3-9,16H,10-12H2,1-2H3,(H,25,28). The summed E-state index contributed by atoms with van der Waals surface area (Å²) in [4.78, 5) is 26.3. The van der Waals surface area contributed by atoms with Crippen LogP contribution in [0, 0.1) is 19.8 Å². The SMILES string of the molecule is Cc1ccc(NC(=O)C2CC(=O)N(Cc3ccc(OC(F)(F)F)cc3)C2)cc1C. The molecule has 0 radical (unpaired) electrons. The molecule has 2 aromatic rings. The number of anilines is 1. The third-order valence-corrected chi connectivity index (χ3v) is 4.89. The van der Waals surface area contributed by atoms with Gasteiger partial charge in [-0.05, 0) is 54.8 Å². The number of aryl methyl sites for hydroxylation is 2. The largest absolute Gasteiger partial charge is 0.573 e. The maximum Gasteiger partial charge on any atom is 0.573 e. The summed E-state index contributed by atoms with van der Waals surface area (Å²) in [6.45, 7) is 4.42. The number of hydrogen-bond acceptors (Lipinski definition) is 3. The number of carbonyl (C=O) groups excluding carboxylic acids is 2. The molecule has 154 valence electrons. The Hall–Kier alpha value is -3.03. The molecule has 0 bridgehead atoms. The Balaban J connectivity index is 1.58. The minimum absolute atomic E-state index is 0.103. The second kappa shape index (κ2) is 8.14. The maximum absolute atomic E-state index is 12.5. The normalized spacial score (nSPS) is 16.8. The fourth-order valence-electron chi connectivity index (χ4n) is 3.18. The zero-order valence-corrected chi connectivity index (χ0v) is 16.0. The van der Waals surface area contributed by atoms with Crippen LogP contribution in [0.4, 0.5) is 18.9 Å². The molecule has 0 aliphatic carbocycles. The number of likely N-dealkylation sites (tertiary alicyclic amines) is 1. The molecule has 0 aromatic heterocycles. The van der Waals surface area contributed by atoms with E-state index in [9.17, 15) is 22.8 Å². The molecule has 1 saturated heterocycles. The average Bonchev–Trinajstić information content (AvgIpc) is 2.99. The van der Waals surface area contributed by atoms with Gasteiger partial charge in [-0.25, -0.2) is 0 Å². The quantitative estimate of drug-likeness (QED) is 0.810. The highest BCUT2D eigenvalue weighted by molar-refractivity contribution is 5.97. The molecule has 3 rings (SSSR count). The molecule has 2 amide bonds. The number of amides is 2. The highest BCUT2D eigenvalue weighted by atomic mass is 19.4. The summed E-state index contributed by atoms with van der Waals surface area (Å²) in [6.07, 6.45) is -4.64. The lowest BCUT2D eigenvalue weighted by Gasteiger charge is -2.17. The number of nitrogens with zero attached hydrogens (tertiary/aromatic N) is 1. The minimum Gasteiger partial charge on any atom is -0.406 e. The molecule has 1 aliphatic heterocycles. The Kier molecular flexibility index (Phi) is 5.81. The molecule has 5 nitrogen and oxygen atoms in total. The van der Waals surface area contributed by atoms with Crippen LogP contribution in [0.2, 0.25) is 0 Å². The molecule has 8 heteroatoms. The molecule has 0 saturated carbocycles. The predicted octanol–water partition coefficient (Wildman–Crippen LogP) is 4.19. The molecule has 29 heavy (non-hydrogen) atoms. The second-order valence-electron chi connectivity index (χ2n) is 7.16. The third-order valence-electron chi connectivity index (χ3n) is 4.89. The summed E-state index contributed by atoms with van der Waals surface area (Å²) in [7, 11) is 0. The monoisotopic (exact) mass is 406 g/mol. The van der Waals surface area contributed by atoms with Crippen molar-refractivity contribution in [1.82, 2.24) is 4.90 Å². The van der Waals surface area contributed by atoms with E-state index >= 15 is 0 Å². The maximum atomic E-state index is 12.5. The second-order valence-corrected chi connectivity index (χ2v) is 7.16. The predicted molar refractivity (Wildman–Crippen MR) is 101 cm³/mol. The number of carbonyl (C=O) groups is 2. The van der Waals surface area contributed by atoms with E-state index in [1.54, 1.807) is 0 Å². The summed E-state index contributed by atoms with van der Waals surface area (Å²) in [5, 5.41) is 2.85. The Morgan fingerprint density at radius 2 is 1.83 bits per heavy atom. The molecule has 0 spiro atoms. The molecule has 1 atom stereocenters. The highest BCUT2D eigenvalue weighted by Crippen LogP contribution is 2.25. The van der Waals surface area contributed by atoms with Crippen molar-refractivity contribution in [3.8, 4) is 5.75 Å². The van der Waals surface area contributed by atoms with Crippen molar-refractivity contribution in [2.75, 3.05) is 11.9 Å². The van der Waals surface area contributed by atoms with Gasteiger partial charge in [0.2, 0.25) is 11.8 Å². The first-order valence-corrected chi connectivity index (χ1v) is 9.11. The fraction of sp³-hybridized carbons (Fsp3) is 0.333. The fourth-order valence-corrected chi connectivity index (χ4v) is 3.18. The molecule has 1 fully saturated rings. The van der Waals surface area contributed by atoms with Crippen LogP contribution >= 0.6 is 0 Å². The van der Waals surface area contributed by atoms with Crippen molar-refractivity contribution in [3.05, 3.63) is 59.2 Å². The lowest BCUT2D eigenvalue weighted by molar-refractivity contribution is -0.274. The molecular weight excluding hydrogens is 385 g/mol. The first-order chi connectivity index (χ1) is 13.6. The van der Waals surface area contributed by atoms with Gasteiger partial charge in [-0.2, -0.15) is 0 Å². The zero-order chi connectivity index (χ0) is 21.2. The first-order valence-electron chi connectivity index (χ1n) is 9.11. The summed E-state index contributed by atoms with van der Waals surface area (Å²) in [5.74, 6) is -1.18. The van der Waals surface area contributed by atoms with Gasteiger partial charge in [0, 0.05) is 25.2 Å². The lowest BCUT2D eigenvalue weighted by Crippen LogP contribution is -2.28. The van der Waals surface area contributed by atoms with Crippen molar-refractivity contribution in [2.24, 2.45) is 5.92 Å². The number of benzene rings is 2. The van der Waals surface area contributed by atoms with Gasteiger partial charge in [0.05, 0.1) is 5.92 Å². The van der Waals surface area contributed by atoms with Crippen LogP contribution in [0.25, 0.3) is 0 Å². The molecule has 2 aromatic carbocycles. The Morgan fingerprint density at radius 1 is 1.14 bits per heavy atom. The zero-order valence-electron chi connectivity index (χ0n) is 16.0. The number of hydrogen-bond donors (Lipinski definition) is 1. The number of alkyl halides is 3. The van der Waals surface area contributed by atoms with Crippen molar-refractivity contribution < 1.29 is 27.5 Å². The topological polar surface area (TPSA) is 58.6 Å². The van der Waals surface area contributed by atoms with Crippen LogP contribution in [0.1, 0.15) is 23.1 Å². The molecular formula is C21H21F3N2O3. The Morgan fingerprint density at radius 3 is 2.45 bits per heavy atom. The number of halogens is 3. The van der Waals surface area contributed by atoms with Gasteiger partial charge < -0.3 is 15.0 Å². The van der Waals surface area contributed by atoms with E-state index < -0.39 is 12.3 Å². The van der Waals surface area contributed by atoms with Gasteiger partial charge in [0.15, 0.2) is 0 Å². The van der Waals surface area contributed by atoms with E-state index in [2.05, 4.69) is 10.1 Å². The smallest absolute Gasteiger partial charge is 0.406 e.